The first-order valence-corrected chi connectivity index (χ1v) is 7.40. The van der Waals surface area contributed by atoms with E-state index in [0.717, 1.165) is 0 Å². The Balaban J connectivity index is 1.93. The molecule has 3 rings (SSSR count). The highest BCUT2D eigenvalue weighted by atomic mass is 35.5. The molecule has 0 aliphatic carbocycles. The molecule has 1 heterocycles. The van der Waals surface area contributed by atoms with E-state index < -0.39 is 6.10 Å². The highest BCUT2D eigenvalue weighted by Crippen LogP contribution is 2.31. The van der Waals surface area contributed by atoms with Crippen LogP contribution in [0.25, 0.3) is 0 Å². The summed E-state index contributed by atoms with van der Waals surface area (Å²) in [6.07, 6.45) is 0.526. The summed E-state index contributed by atoms with van der Waals surface area (Å²) < 4.78 is 5.08. The number of benzene rings is 2. The van der Waals surface area contributed by atoms with Gasteiger partial charge < -0.3 is 14.8 Å². The number of hydrogen-bond acceptors (Lipinski definition) is 3. The monoisotopic (exact) mass is 327 g/mol. The van der Waals surface area contributed by atoms with E-state index in [4.69, 9.17) is 16.0 Å². The summed E-state index contributed by atoms with van der Waals surface area (Å²) >= 11 is 6.04. The van der Waals surface area contributed by atoms with E-state index in [-0.39, 0.29) is 11.7 Å². The molecule has 4 nitrogen and oxygen atoms in total. The molecule has 1 atom stereocenters. The Morgan fingerprint density at radius 2 is 1.87 bits per heavy atom. The van der Waals surface area contributed by atoms with E-state index in [2.05, 4.69) is 5.32 Å². The molecule has 3 aromatic rings. The summed E-state index contributed by atoms with van der Waals surface area (Å²) in [5, 5.41) is 13.8. The Kier molecular flexibility index (Phi) is 4.46. The molecule has 0 saturated heterocycles. The molecule has 0 saturated carbocycles. The van der Waals surface area contributed by atoms with Crippen LogP contribution < -0.4 is 5.32 Å². The molecule has 1 unspecified atom stereocenters. The van der Waals surface area contributed by atoms with Gasteiger partial charge in [-0.25, -0.2) is 0 Å². The van der Waals surface area contributed by atoms with Crippen LogP contribution in [-0.4, -0.2) is 11.0 Å². The molecule has 1 aromatic heterocycles. The molecule has 5 heteroatoms. The lowest BCUT2D eigenvalue weighted by Crippen LogP contribution is -2.14. The third-order valence-corrected chi connectivity index (χ3v) is 3.65. The van der Waals surface area contributed by atoms with Crippen molar-refractivity contribution in [2.75, 3.05) is 5.32 Å². The fourth-order valence-electron chi connectivity index (χ4n) is 2.28. The summed E-state index contributed by atoms with van der Waals surface area (Å²) in [5.41, 5.74) is 1.71. The van der Waals surface area contributed by atoms with Crippen molar-refractivity contribution in [2.45, 2.75) is 6.10 Å². The Morgan fingerprint density at radius 3 is 2.57 bits per heavy atom. The smallest absolute Gasteiger partial charge is 0.291 e. The maximum Gasteiger partial charge on any atom is 0.291 e. The number of aliphatic hydroxyl groups excluding tert-OH is 1. The van der Waals surface area contributed by atoms with Gasteiger partial charge in [-0.2, -0.15) is 0 Å². The average Bonchev–Trinajstić information content (AvgIpc) is 3.11. The Hall–Kier alpha value is -2.56. The number of nitrogens with one attached hydrogen (secondary N) is 1. The lowest BCUT2D eigenvalue weighted by Gasteiger charge is -2.17. The quantitative estimate of drug-likeness (QED) is 0.752. The Morgan fingerprint density at radius 1 is 1.09 bits per heavy atom. The van der Waals surface area contributed by atoms with Crippen molar-refractivity contribution >= 4 is 23.2 Å². The van der Waals surface area contributed by atoms with Gasteiger partial charge in [0.2, 0.25) is 0 Å². The van der Waals surface area contributed by atoms with Crippen LogP contribution in [-0.2, 0) is 0 Å². The van der Waals surface area contributed by atoms with Crippen molar-refractivity contribution in [3.05, 3.63) is 88.8 Å². The number of furan rings is 1. The molecular formula is C18H14ClNO3. The Bertz CT molecular complexity index is 800. The summed E-state index contributed by atoms with van der Waals surface area (Å²) in [6, 6.07) is 17.3. The van der Waals surface area contributed by atoms with Crippen molar-refractivity contribution in [3.8, 4) is 0 Å². The number of carbonyl (C=O) groups excluding carboxylic acids is 1. The number of amides is 1. The maximum atomic E-state index is 12.2. The van der Waals surface area contributed by atoms with Crippen LogP contribution in [0.3, 0.4) is 0 Å². The third kappa shape index (κ3) is 3.44. The molecular weight excluding hydrogens is 314 g/mol. The van der Waals surface area contributed by atoms with Gasteiger partial charge in [0.05, 0.1) is 6.26 Å². The lowest BCUT2D eigenvalue weighted by molar-refractivity contribution is 0.0996. The van der Waals surface area contributed by atoms with Gasteiger partial charge in [0.15, 0.2) is 5.76 Å². The molecule has 0 aliphatic rings. The van der Waals surface area contributed by atoms with Crippen LogP contribution in [0.1, 0.15) is 27.8 Å². The molecule has 0 bridgehead atoms. The first-order valence-electron chi connectivity index (χ1n) is 7.02. The molecule has 0 fully saturated rings. The van der Waals surface area contributed by atoms with Crippen molar-refractivity contribution in [1.82, 2.24) is 0 Å². The zero-order chi connectivity index (χ0) is 16.2. The topological polar surface area (TPSA) is 62.5 Å². The van der Waals surface area contributed by atoms with Crippen LogP contribution in [0.4, 0.5) is 5.69 Å². The first-order chi connectivity index (χ1) is 11.1. The molecule has 0 aliphatic heterocycles. The van der Waals surface area contributed by atoms with Crippen molar-refractivity contribution in [3.63, 3.8) is 0 Å². The van der Waals surface area contributed by atoms with Crippen molar-refractivity contribution in [2.24, 2.45) is 0 Å². The second-order valence-corrected chi connectivity index (χ2v) is 5.41. The van der Waals surface area contributed by atoms with Gasteiger partial charge in [-0.1, -0.05) is 41.9 Å². The van der Waals surface area contributed by atoms with E-state index in [1.54, 1.807) is 30.3 Å². The minimum absolute atomic E-state index is 0.195. The van der Waals surface area contributed by atoms with Gasteiger partial charge in [0, 0.05) is 16.3 Å². The minimum Gasteiger partial charge on any atom is -0.459 e. The van der Waals surface area contributed by atoms with Crippen molar-refractivity contribution in [1.29, 1.82) is 0 Å². The van der Waals surface area contributed by atoms with Gasteiger partial charge in [0.1, 0.15) is 6.10 Å². The Labute approximate surface area is 138 Å². The summed E-state index contributed by atoms with van der Waals surface area (Å²) in [6.45, 7) is 0. The SMILES string of the molecule is O=C(Nc1ccc(Cl)cc1C(O)c1ccccc1)c1ccco1. The number of rotatable bonds is 4. The third-order valence-electron chi connectivity index (χ3n) is 3.42. The van der Waals surface area contributed by atoms with E-state index in [1.807, 2.05) is 30.3 Å². The number of carbonyl (C=O) groups is 1. The van der Waals surface area contributed by atoms with E-state index >= 15 is 0 Å². The standard InChI is InChI=1S/C18H14ClNO3/c19-13-8-9-15(20-18(22)16-7-4-10-23-16)14(11-13)17(21)12-5-2-1-3-6-12/h1-11,17,21H,(H,20,22). The van der Waals surface area contributed by atoms with Crippen LogP contribution in [0, 0.1) is 0 Å². The number of halogens is 1. The molecule has 23 heavy (non-hydrogen) atoms. The van der Waals surface area contributed by atoms with Gasteiger partial charge in [-0.3, -0.25) is 4.79 Å². The minimum atomic E-state index is -0.901. The molecule has 0 spiro atoms. The highest BCUT2D eigenvalue weighted by Gasteiger charge is 2.18. The number of hydrogen-bond donors (Lipinski definition) is 2. The summed E-state index contributed by atoms with van der Waals surface area (Å²) in [4.78, 5) is 12.2. The molecule has 0 radical (unpaired) electrons. The summed E-state index contributed by atoms with van der Waals surface area (Å²) in [5.74, 6) is -0.195. The summed E-state index contributed by atoms with van der Waals surface area (Å²) in [7, 11) is 0. The van der Waals surface area contributed by atoms with Crippen LogP contribution >= 0.6 is 11.6 Å². The van der Waals surface area contributed by atoms with E-state index in [1.165, 1.54) is 6.26 Å². The normalized spacial score (nSPS) is 11.9. The number of anilines is 1. The van der Waals surface area contributed by atoms with Crippen LogP contribution in [0.15, 0.2) is 71.3 Å². The fraction of sp³-hybridized carbons (Fsp3) is 0.0556. The second-order valence-electron chi connectivity index (χ2n) is 4.98. The molecule has 2 N–H and O–H groups in total. The van der Waals surface area contributed by atoms with Gasteiger partial charge >= 0.3 is 0 Å². The molecule has 2 aromatic carbocycles. The van der Waals surface area contributed by atoms with Gasteiger partial charge in [-0.05, 0) is 35.9 Å². The predicted molar refractivity (Wildman–Crippen MR) is 88.6 cm³/mol. The molecule has 116 valence electrons. The zero-order valence-corrected chi connectivity index (χ0v) is 12.8. The predicted octanol–water partition coefficient (Wildman–Crippen LogP) is 4.27. The van der Waals surface area contributed by atoms with E-state index in [0.29, 0.717) is 21.8 Å². The largest absolute Gasteiger partial charge is 0.459 e. The maximum absolute atomic E-state index is 12.2. The molecule has 1 amide bonds. The number of aliphatic hydroxyl groups is 1. The highest BCUT2D eigenvalue weighted by molar-refractivity contribution is 6.30. The first kappa shape index (κ1) is 15.3. The average molecular weight is 328 g/mol. The van der Waals surface area contributed by atoms with Crippen LogP contribution in [0.2, 0.25) is 5.02 Å². The lowest BCUT2D eigenvalue weighted by atomic mass is 10.00. The zero-order valence-electron chi connectivity index (χ0n) is 12.1. The van der Waals surface area contributed by atoms with Crippen LogP contribution in [0.5, 0.6) is 0 Å². The van der Waals surface area contributed by atoms with Crippen molar-refractivity contribution < 1.29 is 14.3 Å². The fourth-order valence-corrected chi connectivity index (χ4v) is 2.46. The van der Waals surface area contributed by atoms with Gasteiger partial charge in [-0.15, -0.1) is 0 Å². The van der Waals surface area contributed by atoms with E-state index in [9.17, 15) is 9.90 Å². The second kappa shape index (κ2) is 6.69. The van der Waals surface area contributed by atoms with Gasteiger partial charge in [0.25, 0.3) is 5.91 Å².